The third kappa shape index (κ3) is 2.93. The molecule has 2 aliphatic rings. The van der Waals surface area contributed by atoms with Crippen molar-refractivity contribution in [2.75, 3.05) is 11.9 Å². The highest BCUT2D eigenvalue weighted by atomic mass is 32.1. The summed E-state index contributed by atoms with van der Waals surface area (Å²) in [5.41, 5.74) is 0.838. The van der Waals surface area contributed by atoms with Crippen LogP contribution >= 0.6 is 11.3 Å². The van der Waals surface area contributed by atoms with Crippen LogP contribution in [-0.2, 0) is 11.2 Å². The van der Waals surface area contributed by atoms with Crippen LogP contribution in [0.1, 0.15) is 61.9 Å². The number of hydrogen-bond donors (Lipinski definition) is 1. The zero-order chi connectivity index (χ0) is 15.0. The van der Waals surface area contributed by atoms with Crippen molar-refractivity contribution in [3.05, 3.63) is 10.6 Å². The number of nitrogens with zero attached hydrogens (tertiary/aromatic N) is 2. The Morgan fingerprint density at radius 3 is 2.67 bits per heavy atom. The van der Waals surface area contributed by atoms with Crippen LogP contribution in [0.25, 0.3) is 0 Å². The summed E-state index contributed by atoms with van der Waals surface area (Å²) in [6, 6.07) is 0.567. The van der Waals surface area contributed by atoms with Crippen LogP contribution in [-0.4, -0.2) is 29.1 Å². The molecule has 1 unspecified atom stereocenters. The maximum Gasteiger partial charge on any atom is 0.312 e. The van der Waals surface area contributed by atoms with E-state index in [1.807, 2.05) is 0 Å². The number of carboxylic acid groups (broad SMARTS) is 1. The van der Waals surface area contributed by atoms with Gasteiger partial charge in [0.15, 0.2) is 5.13 Å². The van der Waals surface area contributed by atoms with Crippen molar-refractivity contribution in [2.45, 2.75) is 63.8 Å². The second-order valence-electron chi connectivity index (χ2n) is 6.61. The SMILES string of the molecule is CC1CCC(N(C)c2nc3c(s2)CCCC3C(=O)O)CC1. The summed E-state index contributed by atoms with van der Waals surface area (Å²) in [4.78, 5) is 19.6. The maximum absolute atomic E-state index is 11.4. The van der Waals surface area contributed by atoms with E-state index >= 15 is 0 Å². The van der Waals surface area contributed by atoms with E-state index in [0.717, 1.165) is 36.0 Å². The number of aryl methyl sites for hydroxylation is 1. The molecule has 1 fully saturated rings. The molecule has 3 rings (SSSR count). The van der Waals surface area contributed by atoms with Gasteiger partial charge in [-0.1, -0.05) is 6.92 Å². The van der Waals surface area contributed by atoms with Crippen LogP contribution in [0.2, 0.25) is 0 Å². The van der Waals surface area contributed by atoms with Crippen LogP contribution in [0.4, 0.5) is 5.13 Å². The van der Waals surface area contributed by atoms with Crippen molar-refractivity contribution in [3.63, 3.8) is 0 Å². The molecule has 1 heterocycles. The van der Waals surface area contributed by atoms with E-state index in [0.29, 0.717) is 6.04 Å². The number of anilines is 1. The molecule has 5 heteroatoms. The average Bonchev–Trinajstić information content (AvgIpc) is 2.90. The fraction of sp³-hybridized carbons (Fsp3) is 0.750. The van der Waals surface area contributed by atoms with Gasteiger partial charge in [-0.2, -0.15) is 0 Å². The first-order valence-corrected chi connectivity index (χ1v) is 8.83. The van der Waals surface area contributed by atoms with Crippen molar-refractivity contribution in [2.24, 2.45) is 5.92 Å². The summed E-state index contributed by atoms with van der Waals surface area (Å²) in [7, 11) is 2.13. The molecule has 2 aliphatic carbocycles. The Labute approximate surface area is 130 Å². The van der Waals surface area contributed by atoms with Gasteiger partial charge in [0.2, 0.25) is 0 Å². The summed E-state index contributed by atoms with van der Waals surface area (Å²) >= 11 is 1.71. The van der Waals surface area contributed by atoms with E-state index in [4.69, 9.17) is 4.98 Å². The molecule has 1 aromatic rings. The van der Waals surface area contributed by atoms with Crippen molar-refractivity contribution in [1.29, 1.82) is 0 Å². The van der Waals surface area contributed by atoms with Gasteiger partial charge in [-0.05, 0) is 50.9 Å². The molecule has 1 N–H and O–H groups in total. The summed E-state index contributed by atoms with van der Waals surface area (Å²) in [6.45, 7) is 2.33. The largest absolute Gasteiger partial charge is 0.481 e. The van der Waals surface area contributed by atoms with Crippen molar-refractivity contribution >= 4 is 22.4 Å². The Kier molecular flexibility index (Phi) is 4.20. The normalized spacial score (nSPS) is 29.0. The molecule has 0 spiro atoms. The predicted octanol–water partition coefficient (Wildman–Crippen LogP) is 3.66. The molecule has 0 radical (unpaired) electrons. The van der Waals surface area contributed by atoms with Gasteiger partial charge in [-0.3, -0.25) is 4.79 Å². The number of rotatable bonds is 3. The Hall–Kier alpha value is -1.10. The Morgan fingerprint density at radius 1 is 1.29 bits per heavy atom. The molecule has 0 aromatic carbocycles. The van der Waals surface area contributed by atoms with Crippen LogP contribution in [0.3, 0.4) is 0 Å². The van der Waals surface area contributed by atoms with Gasteiger partial charge in [0, 0.05) is 18.0 Å². The van der Waals surface area contributed by atoms with E-state index in [1.165, 1.54) is 30.6 Å². The van der Waals surface area contributed by atoms with Crippen molar-refractivity contribution in [3.8, 4) is 0 Å². The number of carboxylic acids is 1. The summed E-state index contributed by atoms with van der Waals surface area (Å²) < 4.78 is 0. The molecule has 21 heavy (non-hydrogen) atoms. The second kappa shape index (κ2) is 5.95. The van der Waals surface area contributed by atoms with E-state index < -0.39 is 11.9 Å². The molecule has 4 nitrogen and oxygen atoms in total. The minimum absolute atomic E-state index is 0.390. The van der Waals surface area contributed by atoms with E-state index in [1.54, 1.807) is 11.3 Å². The third-order valence-corrected chi connectivity index (χ3v) is 6.30. The number of fused-ring (bicyclic) bond motifs is 1. The quantitative estimate of drug-likeness (QED) is 0.926. The number of hydrogen-bond acceptors (Lipinski definition) is 4. The lowest BCUT2D eigenvalue weighted by molar-refractivity contribution is -0.139. The molecule has 0 aliphatic heterocycles. The fourth-order valence-corrected chi connectivity index (χ4v) is 4.78. The molecule has 0 amide bonds. The lowest BCUT2D eigenvalue weighted by Crippen LogP contribution is -2.34. The van der Waals surface area contributed by atoms with Crippen LogP contribution < -0.4 is 4.90 Å². The van der Waals surface area contributed by atoms with Crippen molar-refractivity contribution in [1.82, 2.24) is 4.98 Å². The van der Waals surface area contributed by atoms with E-state index in [2.05, 4.69) is 18.9 Å². The second-order valence-corrected chi connectivity index (χ2v) is 7.67. The van der Waals surface area contributed by atoms with Crippen molar-refractivity contribution < 1.29 is 9.90 Å². The lowest BCUT2D eigenvalue weighted by Gasteiger charge is -2.33. The number of carbonyl (C=O) groups is 1. The topological polar surface area (TPSA) is 53.4 Å². The highest BCUT2D eigenvalue weighted by molar-refractivity contribution is 7.15. The highest BCUT2D eigenvalue weighted by Gasteiger charge is 2.32. The van der Waals surface area contributed by atoms with Gasteiger partial charge in [0.25, 0.3) is 0 Å². The number of thiazole rings is 1. The van der Waals surface area contributed by atoms with Gasteiger partial charge in [0.1, 0.15) is 5.92 Å². The Morgan fingerprint density at radius 2 is 2.00 bits per heavy atom. The van der Waals surface area contributed by atoms with Gasteiger partial charge >= 0.3 is 5.97 Å². The standard InChI is InChI=1S/C16H24N2O2S/c1-10-6-8-11(9-7-10)18(2)16-17-14-12(15(19)20)4-3-5-13(14)21-16/h10-12H,3-9H2,1-2H3,(H,19,20). The average molecular weight is 308 g/mol. The molecule has 116 valence electrons. The minimum atomic E-state index is -0.720. The number of aromatic nitrogens is 1. The molecule has 0 bridgehead atoms. The van der Waals surface area contributed by atoms with Gasteiger partial charge in [-0.15, -0.1) is 11.3 Å². The molecule has 1 aromatic heterocycles. The molecule has 1 atom stereocenters. The van der Waals surface area contributed by atoms with Crippen LogP contribution in [0.5, 0.6) is 0 Å². The maximum atomic E-state index is 11.4. The summed E-state index contributed by atoms with van der Waals surface area (Å²) in [5, 5.41) is 10.4. The first kappa shape index (κ1) is 14.8. The predicted molar refractivity (Wildman–Crippen MR) is 85.3 cm³/mol. The Bertz CT molecular complexity index is 520. The monoisotopic (exact) mass is 308 g/mol. The molecule has 0 saturated heterocycles. The summed E-state index contributed by atoms with van der Waals surface area (Å²) in [5.74, 6) is -0.268. The van der Waals surface area contributed by atoms with E-state index in [9.17, 15) is 9.90 Å². The van der Waals surface area contributed by atoms with Gasteiger partial charge < -0.3 is 10.0 Å². The first-order valence-electron chi connectivity index (χ1n) is 8.01. The zero-order valence-electron chi connectivity index (χ0n) is 12.8. The van der Waals surface area contributed by atoms with Gasteiger partial charge in [0.05, 0.1) is 5.69 Å². The molecule has 1 saturated carbocycles. The number of aliphatic carboxylic acids is 1. The summed E-state index contributed by atoms with van der Waals surface area (Å²) in [6.07, 6.45) is 7.73. The van der Waals surface area contributed by atoms with Crippen LogP contribution in [0, 0.1) is 5.92 Å². The minimum Gasteiger partial charge on any atom is -0.481 e. The molecular weight excluding hydrogens is 284 g/mol. The van der Waals surface area contributed by atoms with Crippen LogP contribution in [0.15, 0.2) is 0 Å². The first-order chi connectivity index (χ1) is 10.1. The highest BCUT2D eigenvalue weighted by Crippen LogP contribution is 2.39. The third-order valence-electron chi connectivity index (χ3n) is 5.08. The zero-order valence-corrected chi connectivity index (χ0v) is 13.7. The van der Waals surface area contributed by atoms with Gasteiger partial charge in [-0.25, -0.2) is 4.98 Å². The van der Waals surface area contributed by atoms with E-state index in [-0.39, 0.29) is 0 Å². The smallest absolute Gasteiger partial charge is 0.312 e. The fourth-order valence-electron chi connectivity index (χ4n) is 3.58. The Balaban J connectivity index is 1.79. The lowest BCUT2D eigenvalue weighted by atomic mass is 9.87. The molecular formula is C16H24N2O2S.